The van der Waals surface area contributed by atoms with Crippen molar-refractivity contribution >= 4 is 23.3 Å². The zero-order valence-corrected chi connectivity index (χ0v) is 11.4. The number of Topliss-reactive ketones (excluding diaryl/α,β-unsaturated/α-hetero) is 1. The van der Waals surface area contributed by atoms with Crippen LogP contribution in [0.4, 0.5) is 0 Å². The number of carbonyl (C=O) groups is 2. The number of halogens is 1. The molecule has 1 aromatic carbocycles. The molecule has 102 valence electrons. The van der Waals surface area contributed by atoms with E-state index in [2.05, 4.69) is 10.2 Å². The Balaban J connectivity index is 1.75. The average Bonchev–Trinajstić information content (AvgIpc) is 2.41. The number of ketones is 1. The third-order valence-corrected chi connectivity index (χ3v) is 3.58. The summed E-state index contributed by atoms with van der Waals surface area (Å²) in [4.78, 5) is 25.2. The van der Waals surface area contributed by atoms with E-state index in [9.17, 15) is 9.59 Å². The van der Waals surface area contributed by atoms with Crippen LogP contribution >= 0.6 is 11.6 Å². The Morgan fingerprint density at radius 1 is 1.26 bits per heavy atom. The lowest BCUT2D eigenvalue weighted by Crippen LogP contribution is -2.39. The molecule has 1 saturated heterocycles. The smallest absolute Gasteiger partial charge is 0.252 e. The van der Waals surface area contributed by atoms with Crippen LogP contribution in [0.2, 0.25) is 5.02 Å². The fourth-order valence-electron chi connectivity index (χ4n) is 2.09. The summed E-state index contributed by atoms with van der Waals surface area (Å²) in [7, 11) is 0. The van der Waals surface area contributed by atoms with Gasteiger partial charge in [-0.25, -0.2) is 0 Å². The van der Waals surface area contributed by atoms with E-state index in [0.717, 1.165) is 19.6 Å². The van der Waals surface area contributed by atoms with Gasteiger partial charge in [-0.1, -0.05) is 23.7 Å². The molecule has 4 nitrogen and oxygen atoms in total. The summed E-state index contributed by atoms with van der Waals surface area (Å²) >= 11 is 5.95. The number of amides is 1. The number of rotatable bonds is 4. The third kappa shape index (κ3) is 4.04. The van der Waals surface area contributed by atoms with E-state index in [1.807, 2.05) is 0 Å². The molecule has 19 heavy (non-hydrogen) atoms. The summed E-state index contributed by atoms with van der Waals surface area (Å²) in [5.41, 5.74) is 0.498. The fourth-order valence-corrected chi connectivity index (χ4v) is 2.32. The van der Waals surface area contributed by atoms with Crippen LogP contribution in [0.1, 0.15) is 23.2 Å². The minimum Gasteiger partial charge on any atom is -0.351 e. The van der Waals surface area contributed by atoms with Gasteiger partial charge in [-0.2, -0.15) is 0 Å². The summed E-state index contributed by atoms with van der Waals surface area (Å²) in [6, 6.07) is 6.99. The molecule has 2 rings (SSSR count). The molecule has 0 aromatic heterocycles. The van der Waals surface area contributed by atoms with Crippen LogP contribution in [0.25, 0.3) is 0 Å². The first kappa shape index (κ1) is 14.0. The lowest BCUT2D eigenvalue weighted by Gasteiger charge is -2.25. The quantitative estimate of drug-likeness (QED) is 0.914. The first-order valence-corrected chi connectivity index (χ1v) is 6.81. The zero-order chi connectivity index (χ0) is 13.7. The number of benzene rings is 1. The normalized spacial score (nSPS) is 16.4. The van der Waals surface area contributed by atoms with Crippen LogP contribution in [-0.2, 0) is 4.79 Å². The number of nitrogens with zero attached hydrogens (tertiary/aromatic N) is 1. The number of likely N-dealkylation sites (tertiary alicyclic amines) is 1. The van der Waals surface area contributed by atoms with Crippen molar-refractivity contribution in [1.82, 2.24) is 10.2 Å². The fraction of sp³-hybridized carbons (Fsp3) is 0.429. The molecule has 1 amide bonds. The lowest BCUT2D eigenvalue weighted by atomic mass is 10.1. The highest BCUT2D eigenvalue weighted by molar-refractivity contribution is 6.33. The van der Waals surface area contributed by atoms with Crippen molar-refractivity contribution in [2.24, 2.45) is 0 Å². The van der Waals surface area contributed by atoms with Crippen molar-refractivity contribution in [3.8, 4) is 0 Å². The number of hydrogen-bond acceptors (Lipinski definition) is 3. The molecule has 1 heterocycles. The van der Waals surface area contributed by atoms with Gasteiger partial charge in [0.25, 0.3) is 5.91 Å². The SMILES string of the molecule is O=C1CCN(CCNC(=O)c2ccccc2Cl)CC1. The van der Waals surface area contributed by atoms with Crippen molar-refractivity contribution in [2.45, 2.75) is 12.8 Å². The van der Waals surface area contributed by atoms with Gasteiger partial charge >= 0.3 is 0 Å². The Morgan fingerprint density at radius 2 is 1.95 bits per heavy atom. The molecule has 1 aliphatic heterocycles. The molecule has 0 atom stereocenters. The van der Waals surface area contributed by atoms with Crippen LogP contribution in [0.3, 0.4) is 0 Å². The van der Waals surface area contributed by atoms with Crippen LogP contribution in [0.5, 0.6) is 0 Å². The first-order valence-electron chi connectivity index (χ1n) is 6.43. The topological polar surface area (TPSA) is 49.4 Å². The Morgan fingerprint density at radius 3 is 2.63 bits per heavy atom. The molecule has 0 spiro atoms. The Kier molecular flexibility index (Phi) is 4.93. The molecule has 1 N–H and O–H groups in total. The molecule has 0 aliphatic carbocycles. The minimum absolute atomic E-state index is 0.154. The molecule has 0 unspecified atom stereocenters. The van der Waals surface area contributed by atoms with E-state index in [4.69, 9.17) is 11.6 Å². The maximum absolute atomic E-state index is 11.9. The summed E-state index contributed by atoms with van der Waals surface area (Å²) in [6.07, 6.45) is 1.25. The zero-order valence-electron chi connectivity index (χ0n) is 10.7. The van der Waals surface area contributed by atoms with Crippen molar-refractivity contribution in [3.63, 3.8) is 0 Å². The molecule has 1 aromatic rings. The standard InChI is InChI=1S/C14H17ClN2O2/c15-13-4-2-1-3-12(13)14(19)16-7-10-17-8-5-11(18)6-9-17/h1-4H,5-10H2,(H,16,19). The number of piperidine rings is 1. The summed E-state index contributed by atoms with van der Waals surface area (Å²) in [5, 5.41) is 3.31. The Bertz CT molecular complexity index is 466. The predicted molar refractivity (Wildman–Crippen MR) is 74.5 cm³/mol. The van der Waals surface area contributed by atoms with Crippen LogP contribution in [-0.4, -0.2) is 42.8 Å². The monoisotopic (exact) mass is 280 g/mol. The van der Waals surface area contributed by atoms with Crippen LogP contribution in [0, 0.1) is 0 Å². The molecular weight excluding hydrogens is 264 g/mol. The second kappa shape index (κ2) is 6.68. The summed E-state index contributed by atoms with van der Waals surface area (Å²) in [5.74, 6) is 0.176. The third-order valence-electron chi connectivity index (χ3n) is 3.25. The largest absolute Gasteiger partial charge is 0.351 e. The maximum atomic E-state index is 11.9. The van der Waals surface area contributed by atoms with Crippen molar-refractivity contribution in [3.05, 3.63) is 34.9 Å². The van der Waals surface area contributed by atoms with Gasteiger partial charge in [0.05, 0.1) is 10.6 Å². The van der Waals surface area contributed by atoms with Crippen molar-refractivity contribution < 1.29 is 9.59 Å². The molecular formula is C14H17ClN2O2. The van der Waals surface area contributed by atoms with Gasteiger partial charge in [0.1, 0.15) is 5.78 Å². The average molecular weight is 281 g/mol. The van der Waals surface area contributed by atoms with Crippen molar-refractivity contribution in [2.75, 3.05) is 26.2 Å². The van der Waals surface area contributed by atoms with Gasteiger partial charge in [-0.15, -0.1) is 0 Å². The first-order chi connectivity index (χ1) is 9.16. The van der Waals surface area contributed by atoms with Crippen LogP contribution < -0.4 is 5.32 Å². The molecule has 0 saturated carbocycles. The van der Waals surface area contributed by atoms with Gasteiger partial charge in [-0.05, 0) is 12.1 Å². The van der Waals surface area contributed by atoms with Crippen LogP contribution in [0.15, 0.2) is 24.3 Å². The summed E-state index contributed by atoms with van der Waals surface area (Å²) < 4.78 is 0. The highest BCUT2D eigenvalue weighted by atomic mass is 35.5. The van der Waals surface area contributed by atoms with E-state index < -0.39 is 0 Å². The lowest BCUT2D eigenvalue weighted by molar-refractivity contribution is -0.121. The highest BCUT2D eigenvalue weighted by Gasteiger charge is 2.16. The molecule has 0 radical (unpaired) electrons. The van der Waals surface area contributed by atoms with Gasteiger partial charge in [0.15, 0.2) is 0 Å². The van der Waals surface area contributed by atoms with Crippen molar-refractivity contribution in [1.29, 1.82) is 0 Å². The number of hydrogen-bond donors (Lipinski definition) is 1. The maximum Gasteiger partial charge on any atom is 0.252 e. The van der Waals surface area contributed by atoms with Gasteiger partial charge in [-0.3, -0.25) is 9.59 Å². The predicted octanol–water partition coefficient (Wildman–Crippen LogP) is 1.73. The number of nitrogens with one attached hydrogen (secondary N) is 1. The van der Waals surface area contributed by atoms with E-state index in [-0.39, 0.29) is 5.91 Å². The molecule has 1 fully saturated rings. The van der Waals surface area contributed by atoms with Gasteiger partial charge < -0.3 is 10.2 Å². The Hall–Kier alpha value is -1.39. The number of carbonyl (C=O) groups excluding carboxylic acids is 2. The Labute approximate surface area is 117 Å². The second-order valence-corrected chi connectivity index (χ2v) is 5.02. The minimum atomic E-state index is -0.154. The van der Waals surface area contributed by atoms with Gasteiger partial charge in [0, 0.05) is 39.0 Å². The summed E-state index contributed by atoms with van der Waals surface area (Å²) in [6.45, 7) is 2.92. The molecule has 0 bridgehead atoms. The van der Waals surface area contributed by atoms with E-state index >= 15 is 0 Å². The molecule has 5 heteroatoms. The van der Waals surface area contributed by atoms with Gasteiger partial charge in [0.2, 0.25) is 0 Å². The van der Waals surface area contributed by atoms with E-state index in [1.165, 1.54) is 0 Å². The molecule has 1 aliphatic rings. The van der Waals surface area contributed by atoms with E-state index in [0.29, 0.717) is 35.8 Å². The second-order valence-electron chi connectivity index (χ2n) is 4.62. The van der Waals surface area contributed by atoms with E-state index in [1.54, 1.807) is 24.3 Å². The highest BCUT2D eigenvalue weighted by Crippen LogP contribution is 2.14.